The Morgan fingerprint density at radius 1 is 1.29 bits per heavy atom. The van der Waals surface area contributed by atoms with Crippen LogP contribution in [-0.4, -0.2) is 35.5 Å². The molecule has 4 heteroatoms. The van der Waals surface area contributed by atoms with Crippen molar-refractivity contribution in [3.8, 4) is 0 Å². The number of pyridine rings is 1. The van der Waals surface area contributed by atoms with E-state index in [9.17, 15) is 4.79 Å². The van der Waals surface area contributed by atoms with Crippen LogP contribution in [0.4, 0.5) is 0 Å². The van der Waals surface area contributed by atoms with Crippen molar-refractivity contribution in [2.24, 2.45) is 17.8 Å². The number of hydrogen-bond acceptors (Lipinski definition) is 4. The summed E-state index contributed by atoms with van der Waals surface area (Å²) in [6.07, 6.45) is 11.2. The quantitative estimate of drug-likeness (QED) is 0.411. The molecule has 4 rings (SSSR count). The molecule has 3 unspecified atom stereocenters. The van der Waals surface area contributed by atoms with Crippen molar-refractivity contribution in [2.75, 3.05) is 13.6 Å². The summed E-state index contributed by atoms with van der Waals surface area (Å²) in [7, 11) is 2.15. The molecular weight excluding hydrogens is 384 g/mol. The van der Waals surface area contributed by atoms with Crippen molar-refractivity contribution >= 4 is 16.9 Å². The molecule has 0 bridgehead atoms. The number of likely N-dealkylation sites (N-methyl/N-ethyl adjacent to an activating group) is 1. The predicted molar refractivity (Wildman–Crippen MR) is 126 cm³/mol. The number of fused-ring (bicyclic) bond motifs is 1. The third-order valence-electron chi connectivity index (χ3n) is 7.54. The van der Waals surface area contributed by atoms with Crippen LogP contribution >= 0.6 is 0 Å². The lowest BCUT2D eigenvalue weighted by molar-refractivity contribution is -0.155. The number of hydrogen-bond donors (Lipinski definition) is 0. The number of benzene rings is 1. The van der Waals surface area contributed by atoms with E-state index in [0.717, 1.165) is 35.9 Å². The summed E-state index contributed by atoms with van der Waals surface area (Å²) in [5.41, 5.74) is 2.02. The van der Waals surface area contributed by atoms with Gasteiger partial charge in [-0.1, -0.05) is 56.9 Å². The number of aromatic nitrogens is 1. The average molecular weight is 421 g/mol. The van der Waals surface area contributed by atoms with E-state index in [-0.39, 0.29) is 18.1 Å². The van der Waals surface area contributed by atoms with Gasteiger partial charge in [0.1, 0.15) is 6.10 Å². The molecule has 0 amide bonds. The summed E-state index contributed by atoms with van der Waals surface area (Å²) in [4.78, 5) is 19.9. The van der Waals surface area contributed by atoms with Gasteiger partial charge in [-0.2, -0.15) is 0 Å². The van der Waals surface area contributed by atoms with Gasteiger partial charge in [0.15, 0.2) is 0 Å². The van der Waals surface area contributed by atoms with Crippen molar-refractivity contribution in [1.82, 2.24) is 9.88 Å². The Labute approximate surface area is 186 Å². The zero-order valence-electron chi connectivity index (χ0n) is 19.0. The third kappa shape index (κ3) is 5.01. The van der Waals surface area contributed by atoms with Gasteiger partial charge < -0.3 is 4.74 Å². The highest BCUT2D eigenvalue weighted by atomic mass is 16.5. The third-order valence-corrected chi connectivity index (χ3v) is 7.54. The van der Waals surface area contributed by atoms with Crippen LogP contribution in [0, 0.1) is 17.8 Å². The Morgan fingerprint density at radius 3 is 2.84 bits per heavy atom. The largest absolute Gasteiger partial charge is 0.456 e. The minimum absolute atomic E-state index is 0.0651. The fourth-order valence-electron chi connectivity index (χ4n) is 5.58. The average Bonchev–Trinajstić information content (AvgIpc) is 3.31. The van der Waals surface area contributed by atoms with Gasteiger partial charge in [-0.3, -0.25) is 14.7 Å². The normalized spacial score (nSPS) is 26.1. The number of ether oxygens (including phenoxy) is 1. The Balaban J connectivity index is 1.60. The first kappa shape index (κ1) is 22.0. The fraction of sp³-hybridized carbons (Fsp3) is 0.556. The van der Waals surface area contributed by atoms with Gasteiger partial charge in [0.05, 0.1) is 11.6 Å². The van der Waals surface area contributed by atoms with E-state index in [1.54, 1.807) is 0 Å². The molecule has 2 aromatic rings. The molecule has 1 saturated carbocycles. The Kier molecular flexibility index (Phi) is 7.06. The molecule has 0 N–H and O–H groups in total. The van der Waals surface area contributed by atoms with Gasteiger partial charge in [0.25, 0.3) is 0 Å². The standard InChI is InChI=1S/C27H36N2O2/c1-4-21-18-29(3)25(17-19(21)2)27(31-26(30)14-13-20-9-5-6-10-20)23-15-16-28-24-12-8-7-11-22(23)24/h4,7-8,11-12,15-16,19-21,25,27H,1,5-6,9-10,13-14,17-18H2,2-3H3/t19-,21?,25?,27?/m0/s1. The number of nitrogens with zero attached hydrogens (tertiary/aromatic N) is 2. The van der Waals surface area contributed by atoms with Crippen LogP contribution in [0.15, 0.2) is 49.2 Å². The van der Waals surface area contributed by atoms with Crippen molar-refractivity contribution in [2.45, 2.75) is 64.0 Å². The molecule has 0 radical (unpaired) electrons. The lowest BCUT2D eigenvalue weighted by atomic mass is 9.80. The van der Waals surface area contributed by atoms with Crippen LogP contribution in [0.3, 0.4) is 0 Å². The van der Waals surface area contributed by atoms with Crippen molar-refractivity contribution < 1.29 is 9.53 Å². The summed E-state index contributed by atoms with van der Waals surface area (Å²) in [5.74, 6) is 1.60. The SMILES string of the molecule is C=CC1CN(C)C(C(OC(=O)CCC2CCCC2)c2ccnc3ccccc23)C[C@@H]1C. The topological polar surface area (TPSA) is 42.4 Å². The first-order valence-corrected chi connectivity index (χ1v) is 11.9. The minimum Gasteiger partial charge on any atom is -0.456 e. The van der Waals surface area contributed by atoms with Crippen LogP contribution in [0.25, 0.3) is 10.9 Å². The Hall–Kier alpha value is -2.20. The molecule has 1 aromatic carbocycles. The van der Waals surface area contributed by atoms with Gasteiger partial charge in [-0.15, -0.1) is 6.58 Å². The molecule has 2 fully saturated rings. The number of carbonyl (C=O) groups is 1. The minimum atomic E-state index is -0.290. The molecular formula is C27H36N2O2. The Bertz CT molecular complexity index is 900. The van der Waals surface area contributed by atoms with Crippen LogP contribution in [0.1, 0.15) is 63.5 Å². The number of piperidine rings is 1. The molecule has 1 aliphatic carbocycles. The molecule has 4 nitrogen and oxygen atoms in total. The zero-order chi connectivity index (χ0) is 21.8. The molecule has 1 aliphatic heterocycles. The summed E-state index contributed by atoms with van der Waals surface area (Å²) in [5, 5.41) is 1.07. The summed E-state index contributed by atoms with van der Waals surface area (Å²) in [6, 6.07) is 10.3. The van der Waals surface area contributed by atoms with Crippen LogP contribution in [-0.2, 0) is 9.53 Å². The maximum Gasteiger partial charge on any atom is 0.306 e. The number of rotatable bonds is 7. The zero-order valence-corrected chi connectivity index (χ0v) is 19.0. The van der Waals surface area contributed by atoms with E-state index in [1.807, 2.05) is 30.5 Å². The molecule has 2 aliphatic rings. The highest BCUT2D eigenvalue weighted by Crippen LogP contribution is 2.38. The molecule has 1 aromatic heterocycles. The van der Waals surface area contributed by atoms with Crippen molar-refractivity contribution in [3.63, 3.8) is 0 Å². The number of para-hydroxylation sites is 1. The highest BCUT2D eigenvalue weighted by Gasteiger charge is 2.38. The van der Waals surface area contributed by atoms with Crippen molar-refractivity contribution in [3.05, 3.63) is 54.7 Å². The lowest BCUT2D eigenvalue weighted by Crippen LogP contribution is -2.47. The van der Waals surface area contributed by atoms with E-state index in [2.05, 4.69) is 42.6 Å². The first-order chi connectivity index (χ1) is 15.1. The molecule has 2 heterocycles. The molecule has 166 valence electrons. The second-order valence-electron chi connectivity index (χ2n) is 9.64. The summed E-state index contributed by atoms with van der Waals surface area (Å²) in [6.45, 7) is 7.25. The van der Waals surface area contributed by atoms with Gasteiger partial charge in [0.2, 0.25) is 0 Å². The number of carbonyl (C=O) groups excluding carboxylic acids is 1. The van der Waals surface area contributed by atoms with Gasteiger partial charge >= 0.3 is 5.97 Å². The Morgan fingerprint density at radius 2 is 2.06 bits per heavy atom. The summed E-state index contributed by atoms with van der Waals surface area (Å²) < 4.78 is 6.30. The van der Waals surface area contributed by atoms with Gasteiger partial charge in [-0.05, 0) is 49.8 Å². The van der Waals surface area contributed by atoms with Crippen molar-refractivity contribution in [1.29, 1.82) is 0 Å². The van der Waals surface area contributed by atoms with Crippen LogP contribution in [0.5, 0.6) is 0 Å². The molecule has 4 atom stereocenters. The smallest absolute Gasteiger partial charge is 0.306 e. The number of likely N-dealkylation sites (tertiary alicyclic amines) is 1. The second kappa shape index (κ2) is 9.95. The maximum absolute atomic E-state index is 13.0. The van der Waals surface area contributed by atoms with E-state index < -0.39 is 0 Å². The van der Waals surface area contributed by atoms with Crippen LogP contribution < -0.4 is 0 Å². The molecule has 31 heavy (non-hydrogen) atoms. The fourth-order valence-corrected chi connectivity index (χ4v) is 5.58. The highest BCUT2D eigenvalue weighted by molar-refractivity contribution is 5.82. The first-order valence-electron chi connectivity index (χ1n) is 11.9. The monoisotopic (exact) mass is 420 g/mol. The van der Waals surface area contributed by atoms with E-state index >= 15 is 0 Å². The summed E-state index contributed by atoms with van der Waals surface area (Å²) >= 11 is 0. The number of esters is 1. The maximum atomic E-state index is 13.0. The molecule has 1 saturated heterocycles. The van der Waals surface area contributed by atoms with Gasteiger partial charge in [-0.25, -0.2) is 0 Å². The van der Waals surface area contributed by atoms with Crippen LogP contribution in [0.2, 0.25) is 0 Å². The molecule has 0 spiro atoms. The predicted octanol–water partition coefficient (Wildman–Crippen LogP) is 5.93. The van der Waals surface area contributed by atoms with E-state index in [1.165, 1.54) is 25.7 Å². The van der Waals surface area contributed by atoms with E-state index in [0.29, 0.717) is 24.2 Å². The lowest BCUT2D eigenvalue weighted by Gasteiger charge is -2.43. The van der Waals surface area contributed by atoms with Gasteiger partial charge in [0, 0.05) is 30.1 Å². The van der Waals surface area contributed by atoms with E-state index in [4.69, 9.17) is 4.74 Å². The second-order valence-corrected chi connectivity index (χ2v) is 9.64.